The smallest absolute Gasteiger partial charge is 0.244 e. The van der Waals surface area contributed by atoms with Gasteiger partial charge in [0.2, 0.25) is 15.9 Å². The summed E-state index contributed by atoms with van der Waals surface area (Å²) in [4.78, 5) is 11.4. The fraction of sp³-hybridized carbons (Fsp3) is 0.333. The van der Waals surface area contributed by atoms with Crippen LogP contribution in [0.3, 0.4) is 0 Å². The predicted molar refractivity (Wildman–Crippen MR) is 101 cm³/mol. The van der Waals surface area contributed by atoms with Crippen LogP contribution in [0.4, 0.5) is 5.69 Å². The number of sulfonamides is 1. The van der Waals surface area contributed by atoms with E-state index in [2.05, 4.69) is 15.2 Å². The molecule has 27 heavy (non-hydrogen) atoms. The summed E-state index contributed by atoms with van der Waals surface area (Å²) in [5.41, 5.74) is 1.67. The first-order valence-electron chi connectivity index (χ1n) is 8.42. The number of methoxy groups -OCH3 is 1. The molecule has 1 aromatic heterocycles. The summed E-state index contributed by atoms with van der Waals surface area (Å²) in [7, 11) is -2.24. The third kappa shape index (κ3) is 4.55. The third-order valence-electron chi connectivity index (χ3n) is 3.99. The molecule has 1 heterocycles. The summed E-state index contributed by atoms with van der Waals surface area (Å²) in [5, 5.41) is 6.51. The van der Waals surface area contributed by atoms with Crippen LogP contribution in [0, 0.1) is 6.92 Å². The maximum Gasteiger partial charge on any atom is 0.244 e. The van der Waals surface area contributed by atoms with Crippen molar-refractivity contribution in [2.24, 2.45) is 0 Å². The molecule has 144 valence electrons. The Morgan fingerprint density at radius 1 is 1.33 bits per heavy atom. The van der Waals surface area contributed by atoms with Gasteiger partial charge in [-0.3, -0.25) is 4.79 Å². The van der Waals surface area contributed by atoms with Crippen LogP contribution < -0.4 is 14.8 Å². The molecule has 0 saturated heterocycles. The van der Waals surface area contributed by atoms with Crippen molar-refractivity contribution in [2.45, 2.75) is 37.6 Å². The molecule has 0 aliphatic heterocycles. The first-order chi connectivity index (χ1) is 12.8. The van der Waals surface area contributed by atoms with Gasteiger partial charge in [0.25, 0.3) is 0 Å². The second-order valence-electron chi connectivity index (χ2n) is 6.33. The molecule has 0 bridgehead atoms. The van der Waals surface area contributed by atoms with Gasteiger partial charge in [-0.2, -0.15) is 0 Å². The molecule has 0 atom stereocenters. The molecule has 0 radical (unpaired) electrons. The highest BCUT2D eigenvalue weighted by Gasteiger charge is 2.29. The normalized spacial score (nSPS) is 14.5. The first-order valence-corrected chi connectivity index (χ1v) is 9.91. The Hall–Kier alpha value is -2.65. The molecule has 1 saturated carbocycles. The molecule has 1 aliphatic rings. The Bertz CT molecular complexity index is 990. The van der Waals surface area contributed by atoms with Crippen molar-refractivity contribution in [1.29, 1.82) is 0 Å². The van der Waals surface area contributed by atoms with Gasteiger partial charge >= 0.3 is 0 Å². The highest BCUT2D eigenvalue weighted by molar-refractivity contribution is 7.89. The number of ether oxygens (including phenoxy) is 1. The number of benzene rings is 1. The average Bonchev–Trinajstić information content (AvgIpc) is 3.36. The molecule has 3 rings (SSSR count). The molecule has 1 aliphatic carbocycles. The monoisotopic (exact) mass is 391 g/mol. The Morgan fingerprint density at radius 3 is 2.70 bits per heavy atom. The number of aromatic nitrogens is 1. The Labute approximate surface area is 157 Å². The van der Waals surface area contributed by atoms with Crippen molar-refractivity contribution in [3.8, 4) is 5.75 Å². The number of carbonyl (C=O) groups is 1. The minimum Gasteiger partial charge on any atom is -0.495 e. The van der Waals surface area contributed by atoms with E-state index in [0.29, 0.717) is 22.7 Å². The van der Waals surface area contributed by atoms with E-state index in [0.717, 1.165) is 12.8 Å². The second kappa shape index (κ2) is 7.53. The lowest BCUT2D eigenvalue weighted by Crippen LogP contribution is -2.26. The van der Waals surface area contributed by atoms with Gasteiger partial charge in [-0.25, -0.2) is 13.1 Å². The average molecular weight is 391 g/mol. The standard InChI is InChI=1S/C18H21N3O5S/c1-11-18(19-12(2)22)16(26-20-11)9-5-13-4-8-15(25-3)17(10-13)27(23,24)21-14-6-7-14/h4-5,8-10,14,21H,6-7H2,1-3H3,(H,19,22)/b9-5-. The van der Waals surface area contributed by atoms with Crippen LogP contribution in [0.1, 0.15) is 36.8 Å². The minimum absolute atomic E-state index is 0.00344. The summed E-state index contributed by atoms with van der Waals surface area (Å²) < 4.78 is 38.2. The lowest BCUT2D eigenvalue weighted by atomic mass is 10.2. The van der Waals surface area contributed by atoms with Crippen LogP contribution in [0.5, 0.6) is 5.75 Å². The molecule has 1 fully saturated rings. The number of rotatable bonds is 7. The number of carbonyl (C=O) groups excluding carboxylic acids is 1. The van der Waals surface area contributed by atoms with Crippen molar-refractivity contribution in [3.63, 3.8) is 0 Å². The van der Waals surface area contributed by atoms with Crippen LogP contribution in [0.2, 0.25) is 0 Å². The van der Waals surface area contributed by atoms with E-state index in [1.165, 1.54) is 20.1 Å². The number of amides is 1. The summed E-state index contributed by atoms with van der Waals surface area (Å²) in [6, 6.07) is 4.85. The molecule has 2 N–H and O–H groups in total. The predicted octanol–water partition coefficient (Wildman–Crippen LogP) is 2.56. The third-order valence-corrected chi connectivity index (χ3v) is 5.54. The Morgan fingerprint density at radius 2 is 2.07 bits per heavy atom. The van der Waals surface area contributed by atoms with Crippen molar-refractivity contribution in [1.82, 2.24) is 9.88 Å². The van der Waals surface area contributed by atoms with Crippen LogP contribution in [0.15, 0.2) is 27.6 Å². The van der Waals surface area contributed by atoms with Gasteiger partial charge in [0.15, 0.2) is 5.76 Å². The van der Waals surface area contributed by atoms with Crippen molar-refractivity contribution in [2.75, 3.05) is 12.4 Å². The lowest BCUT2D eigenvalue weighted by molar-refractivity contribution is -0.114. The largest absolute Gasteiger partial charge is 0.495 e. The number of nitrogens with zero attached hydrogens (tertiary/aromatic N) is 1. The zero-order chi connectivity index (χ0) is 19.6. The lowest BCUT2D eigenvalue weighted by Gasteiger charge is -2.11. The number of hydrogen-bond donors (Lipinski definition) is 2. The van der Waals surface area contributed by atoms with Crippen LogP contribution >= 0.6 is 0 Å². The fourth-order valence-electron chi connectivity index (χ4n) is 2.49. The SMILES string of the molecule is COc1ccc(/C=C\c2onc(C)c2NC(C)=O)cc1S(=O)(=O)NC1CC1. The van der Waals surface area contributed by atoms with Gasteiger partial charge in [-0.15, -0.1) is 0 Å². The Kier molecular flexibility index (Phi) is 5.33. The molecule has 8 nitrogen and oxygen atoms in total. The fourth-order valence-corrected chi connectivity index (χ4v) is 4.00. The molecule has 9 heteroatoms. The van der Waals surface area contributed by atoms with E-state index in [4.69, 9.17) is 9.26 Å². The summed E-state index contributed by atoms with van der Waals surface area (Å²) in [6.45, 7) is 3.11. The van der Waals surface area contributed by atoms with E-state index < -0.39 is 10.0 Å². The van der Waals surface area contributed by atoms with Crippen LogP contribution in [0.25, 0.3) is 12.2 Å². The van der Waals surface area contributed by atoms with E-state index in [-0.39, 0.29) is 22.6 Å². The van der Waals surface area contributed by atoms with Gasteiger partial charge in [0.1, 0.15) is 22.0 Å². The zero-order valence-electron chi connectivity index (χ0n) is 15.3. The zero-order valence-corrected chi connectivity index (χ0v) is 16.1. The number of anilines is 1. The van der Waals surface area contributed by atoms with Gasteiger partial charge in [0.05, 0.1) is 7.11 Å². The quantitative estimate of drug-likeness (QED) is 0.750. The molecule has 0 unspecified atom stereocenters. The number of aryl methyl sites for hydroxylation is 1. The van der Waals surface area contributed by atoms with Gasteiger partial charge < -0.3 is 14.6 Å². The van der Waals surface area contributed by atoms with E-state index >= 15 is 0 Å². The molecule has 1 aromatic carbocycles. The van der Waals surface area contributed by atoms with E-state index in [1.807, 2.05) is 0 Å². The highest BCUT2D eigenvalue weighted by Crippen LogP contribution is 2.29. The molecule has 1 amide bonds. The second-order valence-corrected chi connectivity index (χ2v) is 8.01. The number of hydrogen-bond acceptors (Lipinski definition) is 6. The van der Waals surface area contributed by atoms with Crippen LogP contribution in [-0.4, -0.2) is 32.6 Å². The van der Waals surface area contributed by atoms with Crippen molar-refractivity contribution in [3.05, 3.63) is 35.2 Å². The maximum absolute atomic E-state index is 12.6. The van der Waals surface area contributed by atoms with Gasteiger partial charge in [-0.1, -0.05) is 17.3 Å². The summed E-state index contributed by atoms with van der Waals surface area (Å²) in [6.07, 6.45) is 4.99. The first kappa shape index (κ1) is 19.1. The Balaban J connectivity index is 1.91. The number of nitrogens with one attached hydrogen (secondary N) is 2. The molecular formula is C18H21N3O5S. The molecular weight excluding hydrogens is 370 g/mol. The van der Waals surface area contributed by atoms with E-state index in [1.54, 1.807) is 31.2 Å². The minimum atomic E-state index is -3.67. The maximum atomic E-state index is 12.6. The molecule has 0 spiro atoms. The summed E-state index contributed by atoms with van der Waals surface area (Å²) in [5.74, 6) is 0.411. The topological polar surface area (TPSA) is 111 Å². The van der Waals surface area contributed by atoms with Gasteiger partial charge in [-0.05, 0) is 43.5 Å². The highest BCUT2D eigenvalue weighted by atomic mass is 32.2. The molecule has 2 aromatic rings. The van der Waals surface area contributed by atoms with Crippen molar-refractivity contribution < 1.29 is 22.5 Å². The van der Waals surface area contributed by atoms with Gasteiger partial charge in [0, 0.05) is 13.0 Å². The van der Waals surface area contributed by atoms with E-state index in [9.17, 15) is 13.2 Å². The van der Waals surface area contributed by atoms with Crippen molar-refractivity contribution >= 4 is 33.8 Å². The summed E-state index contributed by atoms with van der Waals surface area (Å²) >= 11 is 0. The van der Waals surface area contributed by atoms with Crippen LogP contribution in [-0.2, 0) is 14.8 Å².